The number of aryl methyl sites for hydroxylation is 1. The molecule has 0 spiro atoms. The molecule has 5 heteroatoms. The van der Waals surface area contributed by atoms with E-state index in [0.29, 0.717) is 17.9 Å². The number of nitrogens with zero attached hydrogens (tertiary/aromatic N) is 1. The van der Waals surface area contributed by atoms with Gasteiger partial charge in [-0.2, -0.15) is 0 Å². The Morgan fingerprint density at radius 2 is 2.11 bits per heavy atom. The van der Waals surface area contributed by atoms with E-state index in [2.05, 4.69) is 4.98 Å². The predicted molar refractivity (Wildman–Crippen MR) is 63.1 cm³/mol. The summed E-state index contributed by atoms with van der Waals surface area (Å²) in [5.74, 6) is -0.579. The van der Waals surface area contributed by atoms with Crippen molar-refractivity contribution in [1.82, 2.24) is 4.98 Å². The van der Waals surface area contributed by atoms with Crippen molar-refractivity contribution < 1.29 is 19.1 Å². The number of hydrogen-bond acceptors (Lipinski definition) is 4. The molecule has 0 bridgehead atoms. The topological polar surface area (TPSA) is 72.6 Å². The molecule has 0 fully saturated rings. The Morgan fingerprint density at radius 1 is 1.39 bits per heavy atom. The number of rotatable bonds is 5. The van der Waals surface area contributed by atoms with Gasteiger partial charge in [0.2, 0.25) is 5.76 Å². The SMILES string of the molecule is Cc1cc(COCc2ccncc2)oc1C(=O)O. The van der Waals surface area contributed by atoms with Gasteiger partial charge in [0.15, 0.2) is 0 Å². The van der Waals surface area contributed by atoms with E-state index in [1.165, 1.54) is 0 Å². The van der Waals surface area contributed by atoms with Gasteiger partial charge < -0.3 is 14.3 Å². The van der Waals surface area contributed by atoms with E-state index < -0.39 is 5.97 Å². The van der Waals surface area contributed by atoms with Crippen molar-refractivity contribution in [3.05, 3.63) is 53.2 Å². The van der Waals surface area contributed by atoms with Crippen LogP contribution in [0.25, 0.3) is 0 Å². The summed E-state index contributed by atoms with van der Waals surface area (Å²) >= 11 is 0. The highest BCUT2D eigenvalue weighted by Gasteiger charge is 2.14. The van der Waals surface area contributed by atoms with Gasteiger partial charge in [-0.1, -0.05) is 0 Å². The van der Waals surface area contributed by atoms with Crippen molar-refractivity contribution in [2.24, 2.45) is 0 Å². The Hall–Kier alpha value is -2.14. The van der Waals surface area contributed by atoms with Crippen molar-refractivity contribution in [1.29, 1.82) is 0 Å². The average molecular weight is 247 g/mol. The van der Waals surface area contributed by atoms with Crippen LogP contribution in [0.3, 0.4) is 0 Å². The van der Waals surface area contributed by atoms with Gasteiger partial charge in [0.25, 0.3) is 0 Å². The minimum Gasteiger partial charge on any atom is -0.475 e. The number of carboxylic acid groups (broad SMARTS) is 1. The lowest BCUT2D eigenvalue weighted by Gasteiger charge is -2.01. The third-order valence-electron chi connectivity index (χ3n) is 2.43. The zero-order valence-corrected chi connectivity index (χ0v) is 9.92. The molecular formula is C13H13NO4. The standard InChI is InChI=1S/C13H13NO4/c1-9-6-11(18-12(9)13(15)16)8-17-7-10-2-4-14-5-3-10/h2-6H,7-8H2,1H3,(H,15,16). The van der Waals surface area contributed by atoms with E-state index in [9.17, 15) is 4.79 Å². The second kappa shape index (κ2) is 5.46. The molecule has 2 aromatic rings. The fourth-order valence-corrected chi connectivity index (χ4v) is 1.58. The van der Waals surface area contributed by atoms with Crippen molar-refractivity contribution in [3.8, 4) is 0 Å². The largest absolute Gasteiger partial charge is 0.475 e. The van der Waals surface area contributed by atoms with Crippen LogP contribution in [-0.4, -0.2) is 16.1 Å². The lowest BCUT2D eigenvalue weighted by molar-refractivity contribution is 0.0640. The van der Waals surface area contributed by atoms with Gasteiger partial charge in [-0.3, -0.25) is 4.98 Å². The summed E-state index contributed by atoms with van der Waals surface area (Å²) in [4.78, 5) is 14.7. The molecule has 0 aliphatic heterocycles. The molecule has 0 saturated heterocycles. The zero-order chi connectivity index (χ0) is 13.0. The molecule has 2 rings (SSSR count). The number of hydrogen-bond donors (Lipinski definition) is 1. The number of pyridine rings is 1. The number of carbonyl (C=O) groups is 1. The van der Waals surface area contributed by atoms with E-state index in [1.807, 2.05) is 12.1 Å². The van der Waals surface area contributed by atoms with Crippen LogP contribution in [0.2, 0.25) is 0 Å². The lowest BCUT2D eigenvalue weighted by atomic mass is 10.2. The van der Waals surface area contributed by atoms with Gasteiger partial charge in [-0.25, -0.2) is 4.79 Å². The summed E-state index contributed by atoms with van der Waals surface area (Å²) < 4.78 is 10.6. The number of furan rings is 1. The number of carboxylic acids is 1. The van der Waals surface area contributed by atoms with E-state index in [0.717, 1.165) is 5.56 Å². The van der Waals surface area contributed by atoms with Gasteiger partial charge >= 0.3 is 5.97 Å². The molecule has 94 valence electrons. The van der Waals surface area contributed by atoms with Gasteiger partial charge in [0.05, 0.1) is 6.61 Å². The maximum Gasteiger partial charge on any atom is 0.372 e. The molecule has 0 amide bonds. The first kappa shape index (κ1) is 12.3. The van der Waals surface area contributed by atoms with E-state index in [1.54, 1.807) is 25.4 Å². The first-order valence-corrected chi connectivity index (χ1v) is 5.46. The predicted octanol–water partition coefficient (Wildman–Crippen LogP) is 2.40. The van der Waals surface area contributed by atoms with Crippen LogP contribution in [0, 0.1) is 6.92 Å². The van der Waals surface area contributed by atoms with E-state index in [4.69, 9.17) is 14.3 Å². The van der Waals surface area contributed by atoms with E-state index >= 15 is 0 Å². The fourth-order valence-electron chi connectivity index (χ4n) is 1.58. The molecule has 18 heavy (non-hydrogen) atoms. The molecule has 0 atom stereocenters. The van der Waals surface area contributed by atoms with Crippen LogP contribution in [0.1, 0.15) is 27.4 Å². The van der Waals surface area contributed by atoms with Crippen LogP contribution >= 0.6 is 0 Å². The Labute approximate surface area is 104 Å². The van der Waals surface area contributed by atoms with Crippen molar-refractivity contribution in [3.63, 3.8) is 0 Å². The van der Waals surface area contributed by atoms with Gasteiger partial charge in [0.1, 0.15) is 12.4 Å². The summed E-state index contributed by atoms with van der Waals surface area (Å²) in [6, 6.07) is 5.39. The normalized spacial score (nSPS) is 10.5. The van der Waals surface area contributed by atoms with Gasteiger partial charge in [-0.05, 0) is 30.7 Å². The monoisotopic (exact) mass is 247 g/mol. The minimum atomic E-state index is -1.06. The highest BCUT2D eigenvalue weighted by atomic mass is 16.5. The van der Waals surface area contributed by atoms with Crippen molar-refractivity contribution in [2.45, 2.75) is 20.1 Å². The third-order valence-corrected chi connectivity index (χ3v) is 2.43. The molecule has 2 heterocycles. The molecule has 1 N–H and O–H groups in total. The van der Waals surface area contributed by atoms with Crippen molar-refractivity contribution >= 4 is 5.97 Å². The quantitative estimate of drug-likeness (QED) is 0.878. The van der Waals surface area contributed by atoms with Crippen LogP contribution in [0.15, 0.2) is 35.0 Å². The molecule has 0 radical (unpaired) electrons. The molecule has 0 aliphatic carbocycles. The second-order valence-corrected chi connectivity index (χ2v) is 3.88. The Bertz CT molecular complexity index is 533. The lowest BCUT2D eigenvalue weighted by Crippen LogP contribution is -1.95. The Morgan fingerprint density at radius 3 is 2.72 bits per heavy atom. The maximum atomic E-state index is 10.8. The molecule has 0 aromatic carbocycles. The van der Waals surface area contributed by atoms with Crippen molar-refractivity contribution in [2.75, 3.05) is 0 Å². The van der Waals surface area contributed by atoms with Crippen LogP contribution in [-0.2, 0) is 18.0 Å². The molecule has 0 unspecified atom stereocenters. The number of aromatic carboxylic acids is 1. The Balaban J connectivity index is 1.91. The first-order chi connectivity index (χ1) is 8.66. The molecule has 0 aliphatic rings. The van der Waals surface area contributed by atoms with Gasteiger partial charge in [0, 0.05) is 18.0 Å². The third kappa shape index (κ3) is 2.95. The molecule has 5 nitrogen and oxygen atoms in total. The zero-order valence-electron chi connectivity index (χ0n) is 9.92. The minimum absolute atomic E-state index is 0.0301. The fraction of sp³-hybridized carbons (Fsp3) is 0.231. The number of aromatic nitrogens is 1. The summed E-state index contributed by atoms with van der Waals surface area (Å²) in [5, 5.41) is 8.84. The molecule has 2 aromatic heterocycles. The summed E-state index contributed by atoms with van der Waals surface area (Å²) in [6.07, 6.45) is 3.39. The second-order valence-electron chi connectivity index (χ2n) is 3.88. The molecular weight excluding hydrogens is 234 g/mol. The van der Waals surface area contributed by atoms with Crippen LogP contribution in [0.4, 0.5) is 0 Å². The summed E-state index contributed by atoms with van der Waals surface area (Å²) in [6.45, 7) is 2.38. The highest BCUT2D eigenvalue weighted by Crippen LogP contribution is 2.15. The van der Waals surface area contributed by atoms with Crippen LogP contribution < -0.4 is 0 Å². The maximum absolute atomic E-state index is 10.8. The summed E-state index contributed by atoms with van der Waals surface area (Å²) in [7, 11) is 0. The number of ether oxygens (including phenoxy) is 1. The highest BCUT2D eigenvalue weighted by molar-refractivity contribution is 5.86. The molecule has 0 saturated carbocycles. The summed E-state index contributed by atoms with van der Waals surface area (Å²) in [5.41, 5.74) is 1.61. The first-order valence-electron chi connectivity index (χ1n) is 5.46. The van der Waals surface area contributed by atoms with Gasteiger partial charge in [-0.15, -0.1) is 0 Å². The Kier molecular flexibility index (Phi) is 3.74. The van der Waals surface area contributed by atoms with Crippen LogP contribution in [0.5, 0.6) is 0 Å². The van der Waals surface area contributed by atoms with E-state index in [-0.39, 0.29) is 12.4 Å². The smallest absolute Gasteiger partial charge is 0.372 e. The average Bonchev–Trinajstić information content (AvgIpc) is 2.72.